The van der Waals surface area contributed by atoms with Crippen LogP contribution in [0.15, 0.2) is 18.2 Å². The summed E-state index contributed by atoms with van der Waals surface area (Å²) in [5.41, 5.74) is 3.16. The largest absolute Gasteiger partial charge is 0.383 e. The molecule has 23 heavy (non-hydrogen) atoms. The number of benzene rings is 1. The molecule has 1 aliphatic carbocycles. The van der Waals surface area contributed by atoms with Gasteiger partial charge in [-0.1, -0.05) is 25.3 Å². The number of rotatable bonds is 5. The van der Waals surface area contributed by atoms with Gasteiger partial charge in [0.05, 0.1) is 11.0 Å². The number of imidazole rings is 1. The highest BCUT2D eigenvalue weighted by molar-refractivity contribution is 5.80. The Balaban J connectivity index is 1.50. The van der Waals surface area contributed by atoms with Crippen molar-refractivity contribution in [3.63, 3.8) is 0 Å². The van der Waals surface area contributed by atoms with Gasteiger partial charge in [-0.2, -0.15) is 0 Å². The number of aromatic nitrogens is 2. The van der Waals surface area contributed by atoms with Crippen LogP contribution in [-0.4, -0.2) is 33.6 Å². The maximum absolute atomic E-state index is 12.1. The van der Waals surface area contributed by atoms with E-state index in [1.807, 2.05) is 19.1 Å². The minimum atomic E-state index is -0.867. The highest BCUT2D eigenvalue weighted by Crippen LogP contribution is 2.26. The lowest BCUT2D eigenvalue weighted by atomic mass is 9.85. The van der Waals surface area contributed by atoms with E-state index in [4.69, 9.17) is 0 Å². The average Bonchev–Trinajstić information content (AvgIpc) is 2.96. The van der Waals surface area contributed by atoms with Gasteiger partial charge >= 0.3 is 0 Å². The molecule has 1 fully saturated rings. The summed E-state index contributed by atoms with van der Waals surface area (Å²) in [6.45, 7) is 2.54. The van der Waals surface area contributed by atoms with Gasteiger partial charge in [-0.15, -0.1) is 0 Å². The third-order valence-electron chi connectivity index (χ3n) is 4.71. The molecule has 3 rings (SSSR count). The number of carbonyl (C=O) groups excluding carboxylic acids is 1. The molecular weight excluding hydrogens is 290 g/mol. The molecule has 1 aromatic heterocycles. The zero-order valence-electron chi connectivity index (χ0n) is 13.6. The summed E-state index contributed by atoms with van der Waals surface area (Å²) in [7, 11) is 0. The summed E-state index contributed by atoms with van der Waals surface area (Å²) in [5.74, 6) is 0.736. The van der Waals surface area contributed by atoms with Gasteiger partial charge in [-0.3, -0.25) is 4.79 Å². The first-order valence-electron chi connectivity index (χ1n) is 8.54. The van der Waals surface area contributed by atoms with Crippen LogP contribution in [0.25, 0.3) is 11.0 Å². The Bertz CT molecular complexity index is 674. The highest BCUT2D eigenvalue weighted by atomic mass is 16.3. The molecule has 3 N–H and O–H groups in total. The minimum absolute atomic E-state index is 0.123. The van der Waals surface area contributed by atoms with Gasteiger partial charge in [0.1, 0.15) is 11.9 Å². The van der Waals surface area contributed by atoms with Crippen molar-refractivity contribution in [1.82, 2.24) is 15.3 Å². The lowest BCUT2D eigenvalue weighted by molar-refractivity contribution is -0.132. The predicted molar refractivity (Wildman–Crippen MR) is 90.1 cm³/mol. The Labute approximate surface area is 136 Å². The average molecular weight is 315 g/mol. The van der Waals surface area contributed by atoms with Crippen molar-refractivity contribution in [2.75, 3.05) is 6.54 Å². The number of hydrogen-bond acceptors (Lipinski definition) is 3. The number of carbonyl (C=O) groups is 1. The van der Waals surface area contributed by atoms with Crippen molar-refractivity contribution in [2.24, 2.45) is 5.92 Å². The summed E-state index contributed by atoms with van der Waals surface area (Å²) in [5, 5.41) is 13.0. The number of H-pyrrole nitrogens is 1. The fraction of sp³-hybridized carbons (Fsp3) is 0.556. The van der Waals surface area contributed by atoms with Crippen LogP contribution in [0.1, 0.15) is 43.5 Å². The second-order valence-electron chi connectivity index (χ2n) is 6.59. The van der Waals surface area contributed by atoms with Crippen molar-refractivity contribution < 1.29 is 9.90 Å². The van der Waals surface area contributed by atoms with Crippen LogP contribution in [0.2, 0.25) is 0 Å². The second kappa shape index (κ2) is 7.13. The fourth-order valence-electron chi connectivity index (χ4n) is 3.37. The molecule has 0 unspecified atom stereocenters. The number of aliphatic hydroxyl groups excluding tert-OH is 1. The van der Waals surface area contributed by atoms with Crippen LogP contribution >= 0.6 is 0 Å². The third kappa shape index (κ3) is 3.91. The molecule has 0 aliphatic heterocycles. The van der Waals surface area contributed by atoms with Gasteiger partial charge in [0.2, 0.25) is 5.91 Å². The van der Waals surface area contributed by atoms with E-state index in [0.29, 0.717) is 13.0 Å². The molecule has 1 amide bonds. The molecular formula is C18H25N3O2. The topological polar surface area (TPSA) is 78.0 Å². The molecule has 1 saturated carbocycles. The number of hydrogen-bond donors (Lipinski definition) is 3. The fourth-order valence-corrected chi connectivity index (χ4v) is 3.37. The van der Waals surface area contributed by atoms with E-state index >= 15 is 0 Å². The summed E-state index contributed by atoms with van der Waals surface area (Å²) < 4.78 is 0. The molecule has 1 aromatic carbocycles. The molecule has 5 nitrogen and oxygen atoms in total. The monoisotopic (exact) mass is 315 g/mol. The van der Waals surface area contributed by atoms with Crippen molar-refractivity contribution in [2.45, 2.75) is 51.6 Å². The maximum Gasteiger partial charge on any atom is 0.249 e. The number of nitrogens with one attached hydrogen (secondary N) is 2. The van der Waals surface area contributed by atoms with Crippen molar-refractivity contribution >= 4 is 16.9 Å². The summed E-state index contributed by atoms with van der Waals surface area (Å²) in [6.07, 6.45) is 5.14. The number of aryl methyl sites for hydroxylation is 1. The van der Waals surface area contributed by atoms with E-state index in [1.165, 1.54) is 12.0 Å². The normalized spacial score (nSPS) is 17.3. The molecule has 0 spiro atoms. The van der Waals surface area contributed by atoms with Crippen LogP contribution in [0.3, 0.4) is 0 Å². The zero-order valence-corrected chi connectivity index (χ0v) is 13.6. The Morgan fingerprint density at radius 3 is 2.96 bits per heavy atom. The van der Waals surface area contributed by atoms with Crippen LogP contribution in [-0.2, 0) is 11.2 Å². The predicted octanol–water partition coefficient (Wildman–Crippen LogP) is 2.47. The lowest BCUT2D eigenvalue weighted by Gasteiger charge is -2.25. The molecule has 1 heterocycles. The standard InChI is InChI=1S/C18H25N3O2/c1-12-7-8-14-15(11-12)21-16(20-14)9-10-19-18(23)17(22)13-5-3-2-4-6-13/h7-8,11,13,17,22H,2-6,9-10H2,1H3,(H,19,23)(H,20,21)/t17-/m1/s1. The van der Waals surface area contributed by atoms with Gasteiger partial charge < -0.3 is 15.4 Å². The molecule has 2 aromatic rings. The molecule has 0 bridgehead atoms. The smallest absolute Gasteiger partial charge is 0.249 e. The van der Waals surface area contributed by atoms with Gasteiger partial charge in [0.25, 0.3) is 0 Å². The molecule has 1 aliphatic rings. The van der Waals surface area contributed by atoms with Gasteiger partial charge in [0.15, 0.2) is 0 Å². The quantitative estimate of drug-likeness (QED) is 0.793. The van der Waals surface area contributed by atoms with E-state index in [9.17, 15) is 9.90 Å². The number of fused-ring (bicyclic) bond motifs is 1. The number of aromatic amines is 1. The third-order valence-corrected chi connectivity index (χ3v) is 4.71. The van der Waals surface area contributed by atoms with Crippen LogP contribution in [0.4, 0.5) is 0 Å². The summed E-state index contributed by atoms with van der Waals surface area (Å²) in [6, 6.07) is 6.10. The van der Waals surface area contributed by atoms with Crippen molar-refractivity contribution in [1.29, 1.82) is 0 Å². The first-order chi connectivity index (χ1) is 11.1. The number of nitrogens with zero attached hydrogens (tertiary/aromatic N) is 1. The number of amides is 1. The van der Waals surface area contributed by atoms with Crippen molar-refractivity contribution in [3.05, 3.63) is 29.6 Å². The Morgan fingerprint density at radius 2 is 2.17 bits per heavy atom. The molecule has 0 radical (unpaired) electrons. The van der Waals surface area contributed by atoms with E-state index < -0.39 is 6.10 Å². The molecule has 5 heteroatoms. The van der Waals surface area contributed by atoms with E-state index in [1.54, 1.807) is 0 Å². The first kappa shape index (κ1) is 16.0. The van der Waals surface area contributed by atoms with Gasteiger partial charge in [0, 0.05) is 13.0 Å². The molecule has 0 saturated heterocycles. The first-order valence-corrected chi connectivity index (χ1v) is 8.54. The lowest BCUT2D eigenvalue weighted by Crippen LogP contribution is -2.40. The van der Waals surface area contributed by atoms with Crippen LogP contribution < -0.4 is 5.32 Å². The van der Waals surface area contributed by atoms with Gasteiger partial charge in [-0.25, -0.2) is 4.98 Å². The highest BCUT2D eigenvalue weighted by Gasteiger charge is 2.27. The van der Waals surface area contributed by atoms with Crippen molar-refractivity contribution in [3.8, 4) is 0 Å². The summed E-state index contributed by atoms with van der Waals surface area (Å²) >= 11 is 0. The van der Waals surface area contributed by atoms with Crippen LogP contribution in [0, 0.1) is 12.8 Å². The van der Waals surface area contributed by atoms with E-state index in [2.05, 4.69) is 21.4 Å². The molecule has 1 atom stereocenters. The maximum atomic E-state index is 12.1. The Hall–Kier alpha value is -1.88. The molecule has 124 valence electrons. The van der Waals surface area contributed by atoms with Gasteiger partial charge in [-0.05, 0) is 43.4 Å². The second-order valence-corrected chi connectivity index (χ2v) is 6.59. The van der Waals surface area contributed by atoms with E-state index in [-0.39, 0.29) is 11.8 Å². The Morgan fingerprint density at radius 1 is 1.39 bits per heavy atom. The Kier molecular flexibility index (Phi) is 4.96. The van der Waals surface area contributed by atoms with E-state index in [0.717, 1.165) is 42.5 Å². The summed E-state index contributed by atoms with van der Waals surface area (Å²) in [4.78, 5) is 19.9. The number of aliphatic hydroxyl groups is 1. The van der Waals surface area contributed by atoms with Crippen LogP contribution in [0.5, 0.6) is 0 Å². The zero-order chi connectivity index (χ0) is 16.2. The SMILES string of the molecule is Cc1ccc2nc(CCNC(=O)[C@H](O)C3CCCCC3)[nH]c2c1. The minimum Gasteiger partial charge on any atom is -0.383 e.